The maximum atomic E-state index is 11.2. The van der Waals surface area contributed by atoms with Gasteiger partial charge < -0.3 is 0 Å². The second-order valence-electron chi connectivity index (χ2n) is 6.92. The van der Waals surface area contributed by atoms with Crippen LogP contribution in [0.2, 0.25) is 0 Å². The minimum atomic E-state index is -3.36. The third-order valence-electron chi connectivity index (χ3n) is 5.34. The van der Waals surface area contributed by atoms with E-state index in [0.717, 1.165) is 32.2 Å². The van der Waals surface area contributed by atoms with Crippen molar-refractivity contribution >= 4 is 15.8 Å². The summed E-state index contributed by atoms with van der Waals surface area (Å²) in [5.41, 5.74) is 1.37. The molecule has 0 amide bonds. The molecule has 0 radical (unpaired) electrons. The molecule has 4 atom stereocenters. The molecule has 3 rings (SSSR count). The van der Waals surface area contributed by atoms with Crippen molar-refractivity contribution in [2.24, 2.45) is 28.7 Å². The zero-order valence-corrected chi connectivity index (χ0v) is 14.3. The Hall–Kier alpha value is -0.720. The van der Waals surface area contributed by atoms with Crippen molar-refractivity contribution in [3.05, 3.63) is 12.3 Å². The van der Waals surface area contributed by atoms with Crippen molar-refractivity contribution in [2.75, 3.05) is 26.1 Å². The lowest BCUT2D eigenvalue weighted by molar-refractivity contribution is 0.144. The first-order chi connectivity index (χ1) is 10.5. The molecular weight excluding hydrogens is 300 g/mol. The van der Waals surface area contributed by atoms with Gasteiger partial charge in [0.15, 0.2) is 0 Å². The molecule has 124 valence electrons. The number of allylic oxidation sites excluding steroid dienone is 1. The molecule has 0 aromatic rings. The van der Waals surface area contributed by atoms with Crippen molar-refractivity contribution in [3.63, 3.8) is 0 Å². The van der Waals surface area contributed by atoms with E-state index in [0.29, 0.717) is 23.7 Å². The standard InChI is InChI=1S/C16H26N2O3S/c1-3-5-13-14-6-4-7-17-16(14)8-12-9-18(10-15(12)13)11-21-22(2,19)20/h4,7,12-15H,3,5-6,8-11H2,1-2H3. The van der Waals surface area contributed by atoms with Crippen LogP contribution in [0.25, 0.3) is 0 Å². The Bertz CT molecular complexity index is 570. The highest BCUT2D eigenvalue weighted by molar-refractivity contribution is 7.85. The summed E-state index contributed by atoms with van der Waals surface area (Å²) in [7, 11) is -3.36. The third kappa shape index (κ3) is 3.44. The monoisotopic (exact) mass is 326 g/mol. The zero-order valence-electron chi connectivity index (χ0n) is 13.4. The molecule has 2 fully saturated rings. The van der Waals surface area contributed by atoms with Gasteiger partial charge in [-0.1, -0.05) is 19.4 Å². The van der Waals surface area contributed by atoms with Gasteiger partial charge in [-0.2, -0.15) is 8.42 Å². The highest BCUT2D eigenvalue weighted by Crippen LogP contribution is 2.46. The Kier molecular flexibility index (Phi) is 4.71. The summed E-state index contributed by atoms with van der Waals surface area (Å²) in [5, 5.41) is 0. The van der Waals surface area contributed by atoms with Gasteiger partial charge in [0.2, 0.25) is 0 Å². The van der Waals surface area contributed by atoms with E-state index in [-0.39, 0.29) is 6.73 Å². The quantitative estimate of drug-likeness (QED) is 0.727. The molecule has 0 spiro atoms. The number of hydrogen-bond acceptors (Lipinski definition) is 5. The average molecular weight is 326 g/mol. The average Bonchev–Trinajstić information content (AvgIpc) is 2.87. The third-order valence-corrected chi connectivity index (χ3v) is 5.87. The fraction of sp³-hybridized carbons (Fsp3) is 0.812. The molecule has 0 aromatic carbocycles. The lowest BCUT2D eigenvalue weighted by Gasteiger charge is -2.41. The number of nitrogens with zero attached hydrogens (tertiary/aromatic N) is 2. The molecule has 0 N–H and O–H groups in total. The lowest BCUT2D eigenvalue weighted by Crippen LogP contribution is -2.40. The van der Waals surface area contributed by atoms with Crippen LogP contribution in [-0.2, 0) is 14.3 Å². The summed E-state index contributed by atoms with van der Waals surface area (Å²) in [6, 6.07) is 0. The van der Waals surface area contributed by atoms with Crippen LogP contribution >= 0.6 is 0 Å². The summed E-state index contributed by atoms with van der Waals surface area (Å²) >= 11 is 0. The van der Waals surface area contributed by atoms with Crippen LogP contribution in [0.1, 0.15) is 32.6 Å². The minimum absolute atomic E-state index is 0.195. The van der Waals surface area contributed by atoms with Crippen LogP contribution in [-0.4, -0.2) is 45.1 Å². The Labute approximate surface area is 133 Å². The van der Waals surface area contributed by atoms with Gasteiger partial charge in [-0.15, -0.1) is 0 Å². The molecule has 6 heteroatoms. The summed E-state index contributed by atoms with van der Waals surface area (Å²) in [4.78, 5) is 6.80. The molecule has 4 unspecified atom stereocenters. The molecule has 0 aromatic heterocycles. The first-order valence-electron chi connectivity index (χ1n) is 8.26. The second-order valence-corrected chi connectivity index (χ2v) is 8.56. The molecule has 3 aliphatic rings. The number of rotatable bonds is 5. The normalized spacial score (nSPS) is 35.1. The first kappa shape index (κ1) is 16.1. The van der Waals surface area contributed by atoms with Gasteiger partial charge in [0.05, 0.1) is 6.26 Å². The van der Waals surface area contributed by atoms with E-state index >= 15 is 0 Å². The molecule has 1 saturated carbocycles. The Morgan fingerprint density at radius 3 is 2.95 bits per heavy atom. The summed E-state index contributed by atoms with van der Waals surface area (Å²) < 4.78 is 27.4. The molecular formula is C16H26N2O3S. The number of fused-ring (bicyclic) bond motifs is 2. The Balaban J connectivity index is 1.71. The van der Waals surface area contributed by atoms with Crippen LogP contribution in [0.4, 0.5) is 0 Å². The minimum Gasteiger partial charge on any atom is -0.279 e. The van der Waals surface area contributed by atoms with Crippen molar-refractivity contribution in [2.45, 2.75) is 32.6 Å². The maximum absolute atomic E-state index is 11.2. The van der Waals surface area contributed by atoms with Gasteiger partial charge in [0.1, 0.15) is 6.73 Å². The van der Waals surface area contributed by atoms with Gasteiger partial charge in [-0.3, -0.25) is 14.1 Å². The van der Waals surface area contributed by atoms with Gasteiger partial charge in [0, 0.05) is 30.9 Å². The van der Waals surface area contributed by atoms with Crippen LogP contribution in [0.5, 0.6) is 0 Å². The van der Waals surface area contributed by atoms with E-state index in [2.05, 4.69) is 22.9 Å². The van der Waals surface area contributed by atoms with Crippen LogP contribution in [0.3, 0.4) is 0 Å². The van der Waals surface area contributed by atoms with Gasteiger partial charge >= 0.3 is 0 Å². The number of hydrogen-bond donors (Lipinski definition) is 0. The zero-order chi connectivity index (χ0) is 15.7. The fourth-order valence-corrected chi connectivity index (χ4v) is 4.84. The van der Waals surface area contributed by atoms with Crippen molar-refractivity contribution in [3.8, 4) is 0 Å². The molecule has 0 bridgehead atoms. The SMILES string of the molecule is CCCC1C2CC=CN=C2CC2CN(COS(C)(=O)=O)CC21. The van der Waals surface area contributed by atoms with Crippen molar-refractivity contribution in [1.82, 2.24) is 4.90 Å². The molecule has 5 nitrogen and oxygen atoms in total. The molecule has 2 heterocycles. The van der Waals surface area contributed by atoms with Crippen LogP contribution < -0.4 is 0 Å². The van der Waals surface area contributed by atoms with Gasteiger partial charge in [-0.25, -0.2) is 0 Å². The van der Waals surface area contributed by atoms with Gasteiger partial charge in [-0.05, 0) is 37.0 Å². The van der Waals surface area contributed by atoms with Crippen LogP contribution in [0.15, 0.2) is 17.3 Å². The molecule has 22 heavy (non-hydrogen) atoms. The predicted octanol–water partition coefficient (Wildman–Crippen LogP) is 2.26. The lowest BCUT2D eigenvalue weighted by atomic mass is 9.64. The molecule has 1 saturated heterocycles. The fourth-order valence-electron chi connectivity index (χ4n) is 4.49. The van der Waals surface area contributed by atoms with E-state index in [4.69, 9.17) is 4.18 Å². The van der Waals surface area contributed by atoms with E-state index in [1.165, 1.54) is 18.6 Å². The van der Waals surface area contributed by atoms with E-state index in [1.807, 2.05) is 6.20 Å². The first-order valence-corrected chi connectivity index (χ1v) is 10.1. The highest BCUT2D eigenvalue weighted by atomic mass is 32.2. The van der Waals surface area contributed by atoms with E-state index in [1.54, 1.807) is 0 Å². The Morgan fingerprint density at radius 1 is 1.41 bits per heavy atom. The highest BCUT2D eigenvalue weighted by Gasteiger charge is 2.46. The topological polar surface area (TPSA) is 59.0 Å². The predicted molar refractivity (Wildman–Crippen MR) is 87.0 cm³/mol. The number of aliphatic imine (C=N–C) groups is 1. The molecule has 1 aliphatic carbocycles. The summed E-state index contributed by atoms with van der Waals surface area (Å²) in [5.74, 6) is 2.53. The van der Waals surface area contributed by atoms with Crippen molar-refractivity contribution < 1.29 is 12.6 Å². The molecule has 2 aliphatic heterocycles. The smallest absolute Gasteiger partial charge is 0.265 e. The largest absolute Gasteiger partial charge is 0.279 e. The number of likely N-dealkylation sites (tertiary alicyclic amines) is 1. The van der Waals surface area contributed by atoms with Crippen molar-refractivity contribution in [1.29, 1.82) is 0 Å². The van der Waals surface area contributed by atoms with Crippen LogP contribution in [0, 0.1) is 23.7 Å². The maximum Gasteiger partial charge on any atom is 0.265 e. The Morgan fingerprint density at radius 2 is 2.23 bits per heavy atom. The van der Waals surface area contributed by atoms with E-state index < -0.39 is 10.1 Å². The van der Waals surface area contributed by atoms with Gasteiger partial charge in [0.25, 0.3) is 10.1 Å². The second kappa shape index (κ2) is 6.42. The summed E-state index contributed by atoms with van der Waals surface area (Å²) in [6.07, 6.45) is 9.87. The van der Waals surface area contributed by atoms with E-state index in [9.17, 15) is 8.42 Å². The summed E-state index contributed by atoms with van der Waals surface area (Å²) in [6.45, 7) is 4.33.